The lowest BCUT2D eigenvalue weighted by molar-refractivity contribution is -0.0447. The van der Waals surface area contributed by atoms with E-state index in [-0.39, 0.29) is 18.0 Å². The van der Waals surface area contributed by atoms with Gasteiger partial charge in [-0.1, -0.05) is 55.5 Å². The minimum absolute atomic E-state index is 0.0944. The number of phosphoric acid groups is 1. The molecule has 7 nitrogen and oxygen atoms in total. The van der Waals surface area contributed by atoms with Gasteiger partial charge >= 0.3 is 7.82 Å². The first-order valence-corrected chi connectivity index (χ1v) is 12.9. The van der Waals surface area contributed by atoms with Crippen LogP contribution in [0.2, 0.25) is 0 Å². The number of para-hydroxylation sites is 2. The second-order valence-electron chi connectivity index (χ2n) is 8.15. The SMILES string of the molecule is COc1ccc(COC[C@@H]2C[C@@H](C)C=C(OP(=O)(Oc3ccccc3)Oc3ccccc3)O2)cc1. The summed E-state index contributed by atoms with van der Waals surface area (Å²) in [5.41, 5.74) is 1.03. The van der Waals surface area contributed by atoms with Crippen LogP contribution >= 0.6 is 7.82 Å². The van der Waals surface area contributed by atoms with Crippen LogP contribution in [0.15, 0.2) is 97.0 Å². The summed E-state index contributed by atoms with van der Waals surface area (Å²) in [6, 6.07) is 25.2. The molecule has 1 aliphatic heterocycles. The fourth-order valence-corrected chi connectivity index (χ4v) is 4.73. The minimum atomic E-state index is -4.11. The quantitative estimate of drug-likeness (QED) is 0.272. The van der Waals surface area contributed by atoms with Crippen LogP contribution in [-0.4, -0.2) is 19.8 Å². The third-order valence-corrected chi connectivity index (χ3v) is 6.46. The van der Waals surface area contributed by atoms with Crippen LogP contribution in [0, 0.1) is 5.92 Å². The monoisotopic (exact) mass is 496 g/mol. The molecule has 3 aromatic rings. The Bertz CT molecular complexity index is 1090. The van der Waals surface area contributed by atoms with Crippen molar-refractivity contribution < 1.29 is 32.3 Å². The standard InChI is InChI=1S/C27H29O7P/c1-21-17-26(20-30-19-22-13-15-23(29-2)16-14-22)31-27(18-21)34-35(28,32-24-9-5-3-6-10-24)33-25-11-7-4-8-12-25/h3-16,18,21,26H,17,19-20H2,1-2H3/t21-,26+/m1/s1. The fraction of sp³-hybridized carbons (Fsp3) is 0.259. The number of benzene rings is 3. The molecule has 0 saturated carbocycles. The number of methoxy groups -OCH3 is 1. The summed E-state index contributed by atoms with van der Waals surface area (Å²) in [5, 5.41) is 0. The van der Waals surface area contributed by atoms with Crippen LogP contribution in [0.25, 0.3) is 0 Å². The van der Waals surface area contributed by atoms with Gasteiger partial charge in [-0.25, -0.2) is 0 Å². The summed E-state index contributed by atoms with van der Waals surface area (Å²) < 4.78 is 47.8. The van der Waals surface area contributed by atoms with Crippen LogP contribution in [0.1, 0.15) is 18.9 Å². The predicted octanol–water partition coefficient (Wildman–Crippen LogP) is 6.76. The van der Waals surface area contributed by atoms with Gasteiger partial charge in [0.05, 0.1) is 20.3 Å². The van der Waals surface area contributed by atoms with Crippen LogP contribution < -0.4 is 13.8 Å². The van der Waals surface area contributed by atoms with E-state index in [1.807, 2.05) is 43.3 Å². The second-order valence-corrected chi connectivity index (χ2v) is 9.59. The Balaban J connectivity index is 1.40. The molecule has 2 atom stereocenters. The number of ether oxygens (including phenoxy) is 3. The number of hydrogen-bond acceptors (Lipinski definition) is 7. The zero-order chi connectivity index (χ0) is 24.5. The Labute approximate surface area is 205 Å². The van der Waals surface area contributed by atoms with Crippen LogP contribution in [-0.2, 0) is 25.2 Å². The molecule has 0 spiro atoms. The molecule has 3 aromatic carbocycles. The molecule has 0 saturated heterocycles. The highest BCUT2D eigenvalue weighted by Crippen LogP contribution is 2.52. The van der Waals surface area contributed by atoms with Crippen molar-refractivity contribution in [1.29, 1.82) is 0 Å². The van der Waals surface area contributed by atoms with Crippen LogP contribution in [0.5, 0.6) is 17.2 Å². The Morgan fingerprint density at radius 3 is 2.00 bits per heavy atom. The maximum absolute atomic E-state index is 13.7. The van der Waals surface area contributed by atoms with E-state index in [2.05, 4.69) is 0 Å². The number of allylic oxidation sites excluding steroid dienone is 1. The molecule has 0 amide bonds. The van der Waals surface area contributed by atoms with Crippen molar-refractivity contribution in [2.75, 3.05) is 13.7 Å². The molecule has 0 aromatic heterocycles. The highest BCUT2D eigenvalue weighted by atomic mass is 31.2. The first-order valence-electron chi connectivity index (χ1n) is 11.4. The number of rotatable bonds is 11. The van der Waals surface area contributed by atoms with Crippen LogP contribution in [0.3, 0.4) is 0 Å². The lowest BCUT2D eigenvalue weighted by Gasteiger charge is -2.29. The van der Waals surface area contributed by atoms with Crippen molar-refractivity contribution in [3.05, 3.63) is 103 Å². The van der Waals surface area contributed by atoms with Crippen molar-refractivity contribution >= 4 is 7.82 Å². The van der Waals surface area contributed by atoms with Gasteiger partial charge in [0.25, 0.3) is 5.95 Å². The second kappa shape index (κ2) is 11.8. The predicted molar refractivity (Wildman–Crippen MR) is 132 cm³/mol. The largest absolute Gasteiger partial charge is 0.649 e. The van der Waals surface area contributed by atoms with Gasteiger partial charge in [0.15, 0.2) is 0 Å². The maximum Gasteiger partial charge on any atom is 0.649 e. The highest BCUT2D eigenvalue weighted by Gasteiger charge is 2.37. The average molecular weight is 496 g/mol. The number of hydrogen-bond donors (Lipinski definition) is 0. The molecule has 0 fully saturated rings. The van der Waals surface area contributed by atoms with Crippen molar-refractivity contribution in [1.82, 2.24) is 0 Å². The summed E-state index contributed by atoms with van der Waals surface area (Å²) in [6.07, 6.45) is 2.24. The van der Waals surface area contributed by atoms with E-state index >= 15 is 0 Å². The number of phosphoric ester groups is 1. The molecule has 0 N–H and O–H groups in total. The first-order chi connectivity index (χ1) is 17.0. The molecule has 4 rings (SSSR count). The third-order valence-electron chi connectivity index (χ3n) is 5.19. The molecule has 184 valence electrons. The molecule has 1 heterocycles. The van der Waals surface area contributed by atoms with E-state index in [1.54, 1.807) is 61.7 Å². The van der Waals surface area contributed by atoms with Gasteiger partial charge in [-0.15, -0.1) is 0 Å². The van der Waals surface area contributed by atoms with E-state index in [1.165, 1.54) is 0 Å². The highest BCUT2D eigenvalue weighted by molar-refractivity contribution is 7.49. The Kier molecular flexibility index (Phi) is 8.35. The zero-order valence-corrected chi connectivity index (χ0v) is 20.6. The van der Waals surface area contributed by atoms with Gasteiger partial charge < -0.3 is 27.8 Å². The van der Waals surface area contributed by atoms with E-state index < -0.39 is 7.82 Å². The maximum atomic E-state index is 13.7. The van der Waals surface area contributed by atoms with Crippen LogP contribution in [0.4, 0.5) is 0 Å². The summed E-state index contributed by atoms with van der Waals surface area (Å²) in [7, 11) is -2.48. The van der Waals surface area contributed by atoms with Gasteiger partial charge in [-0.3, -0.25) is 0 Å². The van der Waals surface area contributed by atoms with Gasteiger partial charge in [0.1, 0.15) is 23.4 Å². The Hall–Kier alpha value is -3.41. The Morgan fingerprint density at radius 2 is 1.43 bits per heavy atom. The molecule has 8 heteroatoms. The lowest BCUT2D eigenvalue weighted by Crippen LogP contribution is -2.26. The molecule has 0 unspecified atom stereocenters. The van der Waals surface area contributed by atoms with Gasteiger partial charge in [-0.2, -0.15) is 4.57 Å². The van der Waals surface area contributed by atoms with E-state index in [4.69, 9.17) is 27.8 Å². The lowest BCUT2D eigenvalue weighted by atomic mass is 10.0. The molecular weight excluding hydrogens is 467 g/mol. The van der Waals surface area contributed by atoms with E-state index in [0.717, 1.165) is 17.7 Å². The van der Waals surface area contributed by atoms with Crippen molar-refractivity contribution in [2.24, 2.45) is 5.92 Å². The molecule has 1 aliphatic rings. The summed E-state index contributed by atoms with van der Waals surface area (Å²) in [6.45, 7) is 2.81. The summed E-state index contributed by atoms with van der Waals surface area (Å²) in [5.74, 6) is 1.73. The fourth-order valence-electron chi connectivity index (χ4n) is 3.54. The van der Waals surface area contributed by atoms with E-state index in [9.17, 15) is 4.57 Å². The molecule has 0 bridgehead atoms. The zero-order valence-electron chi connectivity index (χ0n) is 19.7. The molecule has 0 aliphatic carbocycles. The van der Waals surface area contributed by atoms with Gasteiger partial charge in [0.2, 0.25) is 0 Å². The third kappa shape index (κ3) is 7.54. The summed E-state index contributed by atoms with van der Waals surface area (Å²) in [4.78, 5) is 0. The smallest absolute Gasteiger partial charge is 0.497 e. The normalized spacial score (nSPS) is 17.6. The van der Waals surface area contributed by atoms with E-state index in [0.29, 0.717) is 24.7 Å². The topological polar surface area (TPSA) is 72.5 Å². The van der Waals surface area contributed by atoms with Gasteiger partial charge in [0, 0.05) is 0 Å². The molecule has 0 radical (unpaired) electrons. The van der Waals surface area contributed by atoms with Gasteiger partial charge in [-0.05, 0) is 60.4 Å². The first kappa shape index (κ1) is 24.7. The molecular formula is C27H29O7P. The van der Waals surface area contributed by atoms with Crippen molar-refractivity contribution in [3.8, 4) is 17.2 Å². The Morgan fingerprint density at radius 1 is 0.829 bits per heavy atom. The van der Waals surface area contributed by atoms with Crippen molar-refractivity contribution in [3.63, 3.8) is 0 Å². The average Bonchev–Trinajstić information content (AvgIpc) is 2.85. The molecule has 35 heavy (non-hydrogen) atoms. The van der Waals surface area contributed by atoms with Crippen molar-refractivity contribution in [2.45, 2.75) is 26.1 Å². The summed E-state index contributed by atoms with van der Waals surface area (Å²) >= 11 is 0. The minimum Gasteiger partial charge on any atom is -0.497 e.